The number of benzene rings is 2. The van der Waals surface area contributed by atoms with E-state index in [1.165, 1.54) is 7.11 Å². The van der Waals surface area contributed by atoms with Gasteiger partial charge in [-0.1, -0.05) is 12.1 Å². The van der Waals surface area contributed by atoms with Gasteiger partial charge in [0.05, 0.1) is 19.8 Å². The van der Waals surface area contributed by atoms with Crippen molar-refractivity contribution >= 4 is 11.5 Å². The zero-order valence-corrected chi connectivity index (χ0v) is 10.8. The first-order valence-corrected chi connectivity index (χ1v) is 5.78. The maximum atomic E-state index is 12.4. The Morgan fingerprint density at radius 1 is 1.05 bits per heavy atom. The van der Waals surface area contributed by atoms with Gasteiger partial charge in [0, 0.05) is 17.3 Å². The smallest absolute Gasteiger partial charge is 0.196 e. The molecule has 0 aliphatic rings. The second-order valence-corrected chi connectivity index (χ2v) is 4.02. The fourth-order valence-electron chi connectivity index (χ4n) is 1.82. The molecule has 0 unspecified atom stereocenters. The molecule has 4 heteroatoms. The molecule has 0 spiro atoms. The van der Waals surface area contributed by atoms with E-state index in [-0.39, 0.29) is 5.78 Å². The summed E-state index contributed by atoms with van der Waals surface area (Å²) in [6.45, 7) is 0. The minimum Gasteiger partial charge on any atom is -0.497 e. The number of ether oxygens (including phenoxy) is 2. The number of ketones is 1. The lowest BCUT2D eigenvalue weighted by Crippen LogP contribution is -2.04. The van der Waals surface area contributed by atoms with Crippen molar-refractivity contribution in [1.82, 2.24) is 0 Å². The van der Waals surface area contributed by atoms with Crippen LogP contribution in [0.25, 0.3) is 0 Å². The van der Waals surface area contributed by atoms with E-state index < -0.39 is 0 Å². The molecule has 0 saturated heterocycles. The minimum absolute atomic E-state index is 0.133. The van der Waals surface area contributed by atoms with E-state index in [1.807, 2.05) is 0 Å². The van der Waals surface area contributed by atoms with Crippen molar-refractivity contribution in [2.45, 2.75) is 0 Å². The normalized spacial score (nSPS) is 10.0. The molecule has 0 aromatic heterocycles. The predicted molar refractivity (Wildman–Crippen MR) is 73.8 cm³/mol. The van der Waals surface area contributed by atoms with Crippen molar-refractivity contribution in [2.24, 2.45) is 0 Å². The number of methoxy groups -OCH3 is 2. The fourth-order valence-corrected chi connectivity index (χ4v) is 1.82. The van der Waals surface area contributed by atoms with Crippen molar-refractivity contribution in [1.29, 1.82) is 0 Å². The molecule has 19 heavy (non-hydrogen) atoms. The van der Waals surface area contributed by atoms with Crippen molar-refractivity contribution in [3.8, 4) is 11.5 Å². The van der Waals surface area contributed by atoms with Crippen LogP contribution in [0.3, 0.4) is 0 Å². The molecule has 0 radical (unpaired) electrons. The molecular formula is C15H15NO3. The zero-order chi connectivity index (χ0) is 13.8. The molecular weight excluding hydrogens is 242 g/mol. The highest BCUT2D eigenvalue weighted by Gasteiger charge is 2.15. The number of hydrogen-bond acceptors (Lipinski definition) is 4. The van der Waals surface area contributed by atoms with Crippen LogP contribution in [0.5, 0.6) is 11.5 Å². The highest BCUT2D eigenvalue weighted by atomic mass is 16.5. The van der Waals surface area contributed by atoms with Crippen LogP contribution in [-0.2, 0) is 0 Å². The van der Waals surface area contributed by atoms with Crippen LogP contribution in [0.1, 0.15) is 15.9 Å². The van der Waals surface area contributed by atoms with E-state index in [1.54, 1.807) is 49.6 Å². The van der Waals surface area contributed by atoms with Gasteiger partial charge in [-0.05, 0) is 24.3 Å². The SMILES string of the molecule is COc1ccc(C(=O)c2cccc(N)c2)c(OC)c1. The fraction of sp³-hybridized carbons (Fsp3) is 0.133. The Balaban J connectivity index is 2.44. The van der Waals surface area contributed by atoms with E-state index >= 15 is 0 Å². The molecule has 2 rings (SSSR count). The summed E-state index contributed by atoms with van der Waals surface area (Å²) in [7, 11) is 3.08. The maximum Gasteiger partial charge on any atom is 0.196 e. The van der Waals surface area contributed by atoms with Crippen LogP contribution in [-0.4, -0.2) is 20.0 Å². The predicted octanol–water partition coefficient (Wildman–Crippen LogP) is 2.52. The first-order valence-electron chi connectivity index (χ1n) is 5.78. The topological polar surface area (TPSA) is 61.5 Å². The van der Waals surface area contributed by atoms with Crippen LogP contribution in [0.4, 0.5) is 5.69 Å². The molecule has 0 amide bonds. The van der Waals surface area contributed by atoms with Gasteiger partial charge in [0.25, 0.3) is 0 Å². The standard InChI is InChI=1S/C15H15NO3/c1-18-12-6-7-13(14(9-12)19-2)15(17)10-4-3-5-11(16)8-10/h3-9H,16H2,1-2H3. The summed E-state index contributed by atoms with van der Waals surface area (Å²) in [6.07, 6.45) is 0. The van der Waals surface area contributed by atoms with E-state index in [2.05, 4.69) is 0 Å². The summed E-state index contributed by atoms with van der Waals surface area (Å²) < 4.78 is 10.3. The average Bonchev–Trinajstić information content (AvgIpc) is 2.45. The summed E-state index contributed by atoms with van der Waals surface area (Å²) in [4.78, 5) is 12.4. The molecule has 0 atom stereocenters. The molecule has 0 aliphatic carbocycles. The number of carbonyl (C=O) groups excluding carboxylic acids is 1. The highest BCUT2D eigenvalue weighted by molar-refractivity contribution is 6.11. The Hall–Kier alpha value is -2.49. The van der Waals surface area contributed by atoms with E-state index in [0.717, 1.165) is 0 Å². The summed E-state index contributed by atoms with van der Waals surface area (Å²) in [5.74, 6) is 0.986. The van der Waals surface area contributed by atoms with E-state index in [0.29, 0.717) is 28.3 Å². The van der Waals surface area contributed by atoms with Gasteiger partial charge in [-0.25, -0.2) is 0 Å². The van der Waals surface area contributed by atoms with Gasteiger partial charge < -0.3 is 15.2 Å². The van der Waals surface area contributed by atoms with Crippen LogP contribution in [0.2, 0.25) is 0 Å². The molecule has 0 heterocycles. The van der Waals surface area contributed by atoms with Crippen LogP contribution in [0, 0.1) is 0 Å². The van der Waals surface area contributed by atoms with Crippen LogP contribution in [0.15, 0.2) is 42.5 Å². The number of nitrogens with two attached hydrogens (primary N) is 1. The van der Waals surface area contributed by atoms with Gasteiger partial charge >= 0.3 is 0 Å². The summed E-state index contributed by atoms with van der Waals surface area (Å²) in [6, 6.07) is 11.9. The Morgan fingerprint density at radius 2 is 1.84 bits per heavy atom. The third-order valence-corrected chi connectivity index (χ3v) is 2.80. The Kier molecular flexibility index (Phi) is 3.71. The van der Waals surface area contributed by atoms with Crippen molar-refractivity contribution in [3.63, 3.8) is 0 Å². The number of hydrogen-bond donors (Lipinski definition) is 1. The van der Waals surface area contributed by atoms with E-state index in [4.69, 9.17) is 15.2 Å². The highest BCUT2D eigenvalue weighted by Crippen LogP contribution is 2.27. The first kappa shape index (κ1) is 13.0. The molecule has 0 saturated carbocycles. The Labute approximate surface area is 111 Å². The quantitative estimate of drug-likeness (QED) is 0.675. The Morgan fingerprint density at radius 3 is 2.47 bits per heavy atom. The molecule has 0 bridgehead atoms. The van der Waals surface area contributed by atoms with Crippen molar-refractivity contribution in [3.05, 3.63) is 53.6 Å². The molecule has 0 fully saturated rings. The third kappa shape index (κ3) is 2.68. The van der Waals surface area contributed by atoms with Crippen molar-refractivity contribution in [2.75, 3.05) is 20.0 Å². The largest absolute Gasteiger partial charge is 0.497 e. The lowest BCUT2D eigenvalue weighted by atomic mass is 10.0. The molecule has 2 aromatic rings. The summed E-state index contributed by atoms with van der Waals surface area (Å²) in [5.41, 5.74) is 7.25. The maximum absolute atomic E-state index is 12.4. The van der Waals surface area contributed by atoms with Gasteiger partial charge in [-0.3, -0.25) is 4.79 Å². The lowest BCUT2D eigenvalue weighted by molar-refractivity contribution is 0.103. The average molecular weight is 257 g/mol. The Bertz CT molecular complexity index is 608. The van der Waals surface area contributed by atoms with Gasteiger partial charge in [0.1, 0.15) is 11.5 Å². The molecule has 2 N–H and O–H groups in total. The van der Waals surface area contributed by atoms with E-state index in [9.17, 15) is 4.79 Å². The molecule has 0 aliphatic heterocycles. The van der Waals surface area contributed by atoms with Crippen LogP contribution >= 0.6 is 0 Å². The lowest BCUT2D eigenvalue weighted by Gasteiger charge is -2.09. The summed E-state index contributed by atoms with van der Waals surface area (Å²) >= 11 is 0. The van der Waals surface area contributed by atoms with Gasteiger partial charge in [0.15, 0.2) is 5.78 Å². The van der Waals surface area contributed by atoms with Gasteiger partial charge in [-0.2, -0.15) is 0 Å². The first-order chi connectivity index (χ1) is 9.15. The number of rotatable bonds is 4. The molecule has 98 valence electrons. The second kappa shape index (κ2) is 5.44. The number of carbonyl (C=O) groups is 1. The summed E-state index contributed by atoms with van der Waals surface area (Å²) in [5, 5.41) is 0. The monoisotopic (exact) mass is 257 g/mol. The zero-order valence-electron chi connectivity index (χ0n) is 10.8. The van der Waals surface area contributed by atoms with Crippen LogP contribution < -0.4 is 15.2 Å². The van der Waals surface area contributed by atoms with Crippen molar-refractivity contribution < 1.29 is 14.3 Å². The van der Waals surface area contributed by atoms with Gasteiger partial charge in [0.2, 0.25) is 0 Å². The minimum atomic E-state index is -0.133. The number of anilines is 1. The number of nitrogen functional groups attached to an aromatic ring is 1. The van der Waals surface area contributed by atoms with Gasteiger partial charge in [-0.15, -0.1) is 0 Å². The molecule has 2 aromatic carbocycles. The second-order valence-electron chi connectivity index (χ2n) is 4.02. The molecule has 4 nitrogen and oxygen atoms in total. The third-order valence-electron chi connectivity index (χ3n) is 2.80.